The van der Waals surface area contributed by atoms with Crippen LogP contribution in [-0.4, -0.2) is 9.97 Å². The third-order valence-electron chi connectivity index (χ3n) is 5.36. The van der Waals surface area contributed by atoms with E-state index in [2.05, 4.69) is 82.7 Å². The van der Waals surface area contributed by atoms with E-state index in [1.807, 2.05) is 18.2 Å². The van der Waals surface area contributed by atoms with E-state index in [0.29, 0.717) is 10.8 Å². The summed E-state index contributed by atoms with van der Waals surface area (Å²) in [6, 6.07) is 29.1. The van der Waals surface area contributed by atoms with Gasteiger partial charge in [-0.05, 0) is 41.1 Å². The van der Waals surface area contributed by atoms with E-state index in [-0.39, 0.29) is 0 Å². The van der Waals surface area contributed by atoms with Gasteiger partial charge in [-0.1, -0.05) is 82.1 Å². The molecule has 0 fully saturated rings. The van der Waals surface area contributed by atoms with Crippen LogP contribution in [0.3, 0.4) is 0 Å². The molecular formula is C26H14BrClN2S. The molecular weight excluding hydrogens is 488 g/mol. The number of aromatic nitrogens is 2. The molecule has 2 aromatic heterocycles. The zero-order chi connectivity index (χ0) is 20.9. The molecule has 5 heteroatoms. The number of thiophene rings is 1. The van der Waals surface area contributed by atoms with Crippen LogP contribution < -0.4 is 0 Å². The van der Waals surface area contributed by atoms with Crippen molar-refractivity contribution in [1.82, 2.24) is 9.97 Å². The zero-order valence-corrected chi connectivity index (χ0v) is 19.3. The van der Waals surface area contributed by atoms with Gasteiger partial charge in [0.25, 0.3) is 0 Å². The van der Waals surface area contributed by atoms with E-state index in [4.69, 9.17) is 21.6 Å². The van der Waals surface area contributed by atoms with Crippen molar-refractivity contribution in [3.05, 3.63) is 94.4 Å². The Kier molecular flexibility index (Phi) is 4.53. The molecule has 2 heterocycles. The van der Waals surface area contributed by atoms with Crippen molar-refractivity contribution < 1.29 is 0 Å². The highest BCUT2D eigenvalue weighted by Crippen LogP contribution is 2.40. The van der Waals surface area contributed by atoms with Crippen LogP contribution in [0, 0.1) is 0 Å². The predicted octanol–water partition coefficient (Wildman–Crippen LogP) is 8.75. The Morgan fingerprint density at radius 3 is 2.42 bits per heavy atom. The van der Waals surface area contributed by atoms with Gasteiger partial charge >= 0.3 is 0 Å². The summed E-state index contributed by atoms with van der Waals surface area (Å²) in [7, 11) is 0. The molecule has 4 aromatic carbocycles. The van der Waals surface area contributed by atoms with Crippen LogP contribution in [0.15, 0.2) is 89.4 Å². The van der Waals surface area contributed by atoms with Crippen molar-refractivity contribution in [2.45, 2.75) is 0 Å². The van der Waals surface area contributed by atoms with E-state index < -0.39 is 0 Å². The normalized spacial score (nSPS) is 11.5. The highest BCUT2D eigenvalue weighted by Gasteiger charge is 2.17. The summed E-state index contributed by atoms with van der Waals surface area (Å²) < 4.78 is 3.21. The maximum Gasteiger partial charge on any atom is 0.160 e. The molecule has 0 aliphatic carbocycles. The Morgan fingerprint density at radius 2 is 1.55 bits per heavy atom. The van der Waals surface area contributed by atoms with E-state index in [0.717, 1.165) is 36.9 Å². The largest absolute Gasteiger partial charge is 0.226 e. The van der Waals surface area contributed by atoms with E-state index >= 15 is 0 Å². The summed E-state index contributed by atoms with van der Waals surface area (Å²) in [6.07, 6.45) is 0. The molecule has 0 N–H and O–H groups in total. The van der Waals surface area contributed by atoms with Crippen molar-refractivity contribution in [3.8, 4) is 22.6 Å². The van der Waals surface area contributed by atoms with Gasteiger partial charge in [0.1, 0.15) is 0 Å². The summed E-state index contributed by atoms with van der Waals surface area (Å²) in [5.74, 6) is 0.669. The Labute approximate surface area is 196 Å². The van der Waals surface area contributed by atoms with Gasteiger partial charge in [0, 0.05) is 30.7 Å². The number of halogens is 2. The number of hydrogen-bond donors (Lipinski definition) is 0. The average molecular weight is 502 g/mol. The van der Waals surface area contributed by atoms with Crippen molar-refractivity contribution in [3.63, 3.8) is 0 Å². The lowest BCUT2D eigenvalue weighted by Gasteiger charge is -2.09. The van der Waals surface area contributed by atoms with Crippen LogP contribution in [0.4, 0.5) is 0 Å². The standard InChI is InChI=1S/C26H14BrClN2S/c27-19-12-18(13-20(28)14-19)26-29-23(17-10-9-15-5-1-2-6-16(15)11-17)25-24(30-26)21-7-3-4-8-22(21)31-25/h1-14H. The third kappa shape index (κ3) is 3.32. The van der Waals surface area contributed by atoms with Gasteiger partial charge in [-0.2, -0.15) is 0 Å². The maximum atomic E-state index is 6.33. The van der Waals surface area contributed by atoms with Crippen molar-refractivity contribution in [2.24, 2.45) is 0 Å². The smallest absolute Gasteiger partial charge is 0.160 e. The molecule has 31 heavy (non-hydrogen) atoms. The first kappa shape index (κ1) is 18.9. The predicted molar refractivity (Wildman–Crippen MR) is 136 cm³/mol. The molecule has 0 aliphatic rings. The van der Waals surface area contributed by atoms with Crippen LogP contribution in [-0.2, 0) is 0 Å². The Hall–Kier alpha value is -2.79. The van der Waals surface area contributed by atoms with Gasteiger partial charge in [-0.3, -0.25) is 0 Å². The number of nitrogens with zero attached hydrogens (tertiary/aromatic N) is 2. The van der Waals surface area contributed by atoms with Gasteiger partial charge in [-0.25, -0.2) is 9.97 Å². The summed E-state index contributed by atoms with van der Waals surface area (Å²) >= 11 is 11.6. The van der Waals surface area contributed by atoms with Crippen LogP contribution in [0.25, 0.3) is 53.7 Å². The molecule has 6 aromatic rings. The lowest BCUT2D eigenvalue weighted by atomic mass is 10.0. The van der Waals surface area contributed by atoms with Gasteiger partial charge in [0.2, 0.25) is 0 Å². The monoisotopic (exact) mass is 500 g/mol. The van der Waals surface area contributed by atoms with Crippen LogP contribution in [0.5, 0.6) is 0 Å². The lowest BCUT2D eigenvalue weighted by Crippen LogP contribution is -1.94. The Bertz CT molecular complexity index is 1600. The molecule has 0 spiro atoms. The van der Waals surface area contributed by atoms with Crippen molar-refractivity contribution in [1.29, 1.82) is 0 Å². The van der Waals surface area contributed by atoms with E-state index in [1.165, 1.54) is 15.5 Å². The van der Waals surface area contributed by atoms with Gasteiger partial charge in [-0.15, -0.1) is 11.3 Å². The Morgan fingerprint density at radius 1 is 0.742 bits per heavy atom. The molecule has 0 radical (unpaired) electrons. The molecule has 2 nitrogen and oxygen atoms in total. The molecule has 0 amide bonds. The highest BCUT2D eigenvalue weighted by atomic mass is 79.9. The van der Waals surface area contributed by atoms with Crippen LogP contribution >= 0.6 is 38.9 Å². The quantitative estimate of drug-likeness (QED) is 0.237. The number of hydrogen-bond acceptors (Lipinski definition) is 3. The fourth-order valence-corrected chi connectivity index (χ4v) is 5.95. The minimum Gasteiger partial charge on any atom is -0.226 e. The minimum atomic E-state index is 0.649. The van der Waals surface area contributed by atoms with E-state index in [1.54, 1.807) is 11.3 Å². The van der Waals surface area contributed by atoms with Crippen LogP contribution in [0.2, 0.25) is 5.02 Å². The molecule has 0 saturated heterocycles. The summed E-state index contributed by atoms with van der Waals surface area (Å²) in [4.78, 5) is 10.0. The van der Waals surface area contributed by atoms with Crippen molar-refractivity contribution in [2.75, 3.05) is 0 Å². The van der Waals surface area contributed by atoms with Gasteiger partial charge < -0.3 is 0 Å². The number of rotatable bonds is 2. The fourth-order valence-electron chi connectivity index (χ4n) is 3.94. The summed E-state index contributed by atoms with van der Waals surface area (Å²) in [5, 5.41) is 4.21. The van der Waals surface area contributed by atoms with Crippen molar-refractivity contribution >= 4 is 69.9 Å². The van der Waals surface area contributed by atoms with Crippen LogP contribution in [0.1, 0.15) is 0 Å². The first-order valence-electron chi connectivity index (χ1n) is 9.81. The third-order valence-corrected chi connectivity index (χ3v) is 7.21. The second-order valence-electron chi connectivity index (χ2n) is 7.39. The summed E-state index contributed by atoms with van der Waals surface area (Å²) in [6.45, 7) is 0. The SMILES string of the molecule is Clc1cc(Br)cc(-c2nc(-c3ccc4ccccc4c3)c3sc4ccccc4c3n2)c1. The topological polar surface area (TPSA) is 25.8 Å². The molecule has 0 aliphatic heterocycles. The number of benzene rings is 4. The molecule has 0 unspecified atom stereocenters. The second-order valence-corrected chi connectivity index (χ2v) is 9.80. The minimum absolute atomic E-state index is 0.649. The number of fused-ring (bicyclic) bond motifs is 4. The first-order chi connectivity index (χ1) is 15.2. The molecule has 0 saturated carbocycles. The second kappa shape index (κ2) is 7.41. The molecule has 0 bridgehead atoms. The lowest BCUT2D eigenvalue weighted by molar-refractivity contribution is 1.24. The van der Waals surface area contributed by atoms with E-state index in [9.17, 15) is 0 Å². The molecule has 6 rings (SSSR count). The summed E-state index contributed by atoms with van der Waals surface area (Å²) in [5.41, 5.74) is 3.89. The Balaban J connectivity index is 1.70. The zero-order valence-electron chi connectivity index (χ0n) is 16.1. The fraction of sp³-hybridized carbons (Fsp3) is 0. The maximum absolute atomic E-state index is 6.33. The molecule has 148 valence electrons. The highest BCUT2D eigenvalue weighted by molar-refractivity contribution is 9.10. The first-order valence-corrected chi connectivity index (χ1v) is 11.8. The van der Waals surface area contributed by atoms with Gasteiger partial charge in [0.15, 0.2) is 5.82 Å². The average Bonchev–Trinajstić information content (AvgIpc) is 3.16. The van der Waals surface area contributed by atoms with Gasteiger partial charge in [0.05, 0.1) is 15.9 Å². The molecule has 0 atom stereocenters.